The summed E-state index contributed by atoms with van der Waals surface area (Å²) < 4.78 is 8.40. The molecule has 0 atom stereocenters. The van der Waals surface area contributed by atoms with Crippen molar-refractivity contribution in [3.63, 3.8) is 0 Å². The van der Waals surface area contributed by atoms with E-state index in [1.165, 1.54) is 16.0 Å². The van der Waals surface area contributed by atoms with Crippen LogP contribution in [0.1, 0.15) is 11.4 Å². The summed E-state index contributed by atoms with van der Waals surface area (Å²) in [7, 11) is 0. The summed E-state index contributed by atoms with van der Waals surface area (Å²) in [5, 5.41) is 18.7. The van der Waals surface area contributed by atoms with E-state index in [0.29, 0.717) is 11.4 Å². The van der Waals surface area contributed by atoms with Crippen LogP contribution in [0.15, 0.2) is 52.4 Å². The fraction of sp³-hybridized carbons (Fsp3) is 0.118. The molecule has 7 heteroatoms. The van der Waals surface area contributed by atoms with Gasteiger partial charge in [0, 0.05) is 28.9 Å². The monoisotopic (exact) mass is 338 g/mol. The molecule has 0 N–H and O–H groups in total. The first kappa shape index (κ1) is 14.6. The molecule has 0 saturated carbocycles. The first-order valence-electron chi connectivity index (χ1n) is 7.41. The van der Waals surface area contributed by atoms with Crippen LogP contribution < -0.4 is 9.79 Å². The topological polar surface area (TPSA) is 70.8 Å². The maximum absolute atomic E-state index is 12.2. The number of benzene rings is 1. The zero-order chi connectivity index (χ0) is 16.7. The van der Waals surface area contributed by atoms with Crippen LogP contribution in [0.3, 0.4) is 0 Å². The smallest absolute Gasteiger partial charge is 0.289 e. The first-order valence-corrected chi connectivity index (χ1v) is 8.29. The Morgan fingerprint density at radius 3 is 2.50 bits per heavy atom. The number of para-hydroxylation sites is 1. The van der Waals surface area contributed by atoms with Crippen LogP contribution >= 0.6 is 11.3 Å². The molecule has 0 amide bonds. The van der Waals surface area contributed by atoms with Gasteiger partial charge < -0.3 is 9.63 Å². The van der Waals surface area contributed by atoms with Gasteiger partial charge in [0.05, 0.1) is 5.27 Å². The van der Waals surface area contributed by atoms with Crippen molar-refractivity contribution < 1.29 is 14.3 Å². The van der Waals surface area contributed by atoms with Gasteiger partial charge >= 0.3 is 0 Å². The van der Waals surface area contributed by atoms with E-state index in [1.807, 2.05) is 61.7 Å². The molecule has 0 aliphatic heterocycles. The number of hydrogen-bond donors (Lipinski definition) is 0. The minimum atomic E-state index is -0.503. The largest absolute Gasteiger partial charge is 0.539 e. The highest BCUT2D eigenvalue weighted by molar-refractivity contribution is 7.12. The number of nitrogens with zero attached hydrogens (tertiary/aromatic N) is 4. The fourth-order valence-electron chi connectivity index (χ4n) is 2.65. The molecule has 0 unspecified atom stereocenters. The van der Waals surface area contributed by atoms with Gasteiger partial charge in [-0.05, 0) is 30.7 Å². The standard InChI is InChI=1S/C17H14N4O2S/c1-11-8-9-12(2)20(11)17-18-14(10-24-17)15-16(22)23-19-21(15)13-6-4-3-5-7-13/h3-10H,1-2H3. The van der Waals surface area contributed by atoms with Gasteiger partial charge in [-0.25, -0.2) is 4.98 Å². The molecule has 6 nitrogen and oxygen atoms in total. The molecule has 0 saturated heterocycles. The lowest BCUT2D eigenvalue weighted by Crippen LogP contribution is -2.34. The Labute approximate surface area is 142 Å². The third-order valence-corrected chi connectivity index (χ3v) is 4.63. The van der Waals surface area contributed by atoms with Gasteiger partial charge in [0.2, 0.25) is 5.69 Å². The van der Waals surface area contributed by atoms with Crippen molar-refractivity contribution in [1.29, 1.82) is 0 Å². The molecule has 4 aromatic rings. The lowest BCUT2D eigenvalue weighted by atomic mass is 10.3. The third kappa shape index (κ3) is 2.30. The summed E-state index contributed by atoms with van der Waals surface area (Å²) in [5.41, 5.74) is 3.82. The normalized spacial score (nSPS) is 11.1. The first-order chi connectivity index (χ1) is 11.6. The SMILES string of the molecule is Cc1ccc(C)n1-c1nc(-c2c([O-])on[n+]2-c2ccccc2)cs1. The Morgan fingerprint density at radius 2 is 1.79 bits per heavy atom. The summed E-state index contributed by atoms with van der Waals surface area (Å²) in [6, 6.07) is 13.5. The van der Waals surface area contributed by atoms with Gasteiger partial charge in [-0.2, -0.15) is 0 Å². The molecule has 0 spiro atoms. The second-order valence-electron chi connectivity index (χ2n) is 5.42. The Bertz CT molecular complexity index is 981. The average Bonchev–Trinajstić information content (AvgIpc) is 3.27. The minimum Gasteiger partial charge on any atom is -0.539 e. The lowest BCUT2D eigenvalue weighted by Gasteiger charge is -2.03. The van der Waals surface area contributed by atoms with E-state index in [4.69, 9.17) is 4.52 Å². The highest BCUT2D eigenvalue weighted by atomic mass is 32.1. The summed E-state index contributed by atoms with van der Waals surface area (Å²) in [4.78, 5) is 4.62. The van der Waals surface area contributed by atoms with Crippen LogP contribution in [0, 0.1) is 13.8 Å². The quantitative estimate of drug-likeness (QED) is 0.538. The van der Waals surface area contributed by atoms with Crippen molar-refractivity contribution in [2.45, 2.75) is 13.8 Å². The van der Waals surface area contributed by atoms with E-state index in [2.05, 4.69) is 14.8 Å². The van der Waals surface area contributed by atoms with Crippen LogP contribution in [0.25, 0.3) is 22.2 Å². The van der Waals surface area contributed by atoms with Gasteiger partial charge in [0.25, 0.3) is 5.69 Å². The molecule has 0 radical (unpaired) electrons. The summed E-state index contributed by atoms with van der Waals surface area (Å²) >= 11 is 1.48. The van der Waals surface area contributed by atoms with E-state index in [0.717, 1.165) is 22.2 Å². The summed E-state index contributed by atoms with van der Waals surface area (Å²) in [5.74, 6) is -0.503. The lowest BCUT2D eigenvalue weighted by molar-refractivity contribution is -0.660. The van der Waals surface area contributed by atoms with Crippen LogP contribution in [0.5, 0.6) is 5.95 Å². The highest BCUT2D eigenvalue weighted by Gasteiger charge is 2.25. The second kappa shape index (κ2) is 5.61. The van der Waals surface area contributed by atoms with Crippen LogP contribution in [-0.4, -0.2) is 14.8 Å². The van der Waals surface area contributed by atoms with E-state index in [-0.39, 0.29) is 0 Å². The predicted molar refractivity (Wildman–Crippen MR) is 87.4 cm³/mol. The molecule has 0 bridgehead atoms. The number of aryl methyl sites for hydroxylation is 2. The zero-order valence-corrected chi connectivity index (χ0v) is 13.9. The molecule has 0 aliphatic carbocycles. The average molecular weight is 338 g/mol. The van der Waals surface area contributed by atoms with Gasteiger partial charge in [0.1, 0.15) is 0 Å². The molecular formula is C17H14N4O2S. The Morgan fingerprint density at radius 1 is 1.08 bits per heavy atom. The van der Waals surface area contributed by atoms with Gasteiger partial charge in [0.15, 0.2) is 16.8 Å². The van der Waals surface area contributed by atoms with Crippen LogP contribution in [0.2, 0.25) is 0 Å². The second-order valence-corrected chi connectivity index (χ2v) is 6.26. The molecule has 0 aliphatic rings. The van der Waals surface area contributed by atoms with Crippen LogP contribution in [-0.2, 0) is 0 Å². The predicted octanol–water partition coefficient (Wildman–Crippen LogP) is 2.56. The van der Waals surface area contributed by atoms with Crippen molar-refractivity contribution in [3.8, 4) is 28.2 Å². The van der Waals surface area contributed by atoms with Crippen molar-refractivity contribution in [3.05, 3.63) is 59.2 Å². The van der Waals surface area contributed by atoms with E-state index in [1.54, 1.807) is 0 Å². The minimum absolute atomic E-state index is 0.325. The van der Waals surface area contributed by atoms with E-state index in [9.17, 15) is 5.11 Å². The summed E-state index contributed by atoms with van der Waals surface area (Å²) in [6.07, 6.45) is 0. The zero-order valence-electron chi connectivity index (χ0n) is 13.1. The number of thiazole rings is 1. The highest BCUT2D eigenvalue weighted by Crippen LogP contribution is 2.28. The van der Waals surface area contributed by atoms with E-state index >= 15 is 0 Å². The number of aromatic nitrogens is 4. The maximum Gasteiger partial charge on any atom is 0.289 e. The molecular weight excluding hydrogens is 324 g/mol. The van der Waals surface area contributed by atoms with Crippen molar-refractivity contribution in [1.82, 2.24) is 14.8 Å². The molecule has 3 aromatic heterocycles. The molecule has 24 heavy (non-hydrogen) atoms. The number of rotatable bonds is 3. The van der Waals surface area contributed by atoms with Gasteiger partial charge in [-0.1, -0.05) is 18.2 Å². The summed E-state index contributed by atoms with van der Waals surface area (Å²) in [6.45, 7) is 4.05. The maximum atomic E-state index is 12.2. The Balaban J connectivity index is 1.83. The van der Waals surface area contributed by atoms with Crippen molar-refractivity contribution in [2.24, 2.45) is 0 Å². The molecule has 4 rings (SSSR count). The molecule has 120 valence electrons. The Kier molecular flexibility index (Phi) is 3.42. The third-order valence-electron chi connectivity index (χ3n) is 3.81. The molecule has 3 heterocycles. The van der Waals surface area contributed by atoms with Crippen LogP contribution in [0.4, 0.5) is 0 Å². The van der Waals surface area contributed by atoms with Gasteiger partial charge in [-0.15, -0.1) is 11.3 Å². The molecule has 1 aromatic carbocycles. The fourth-order valence-corrected chi connectivity index (χ4v) is 3.58. The van der Waals surface area contributed by atoms with Crippen molar-refractivity contribution in [2.75, 3.05) is 0 Å². The number of hydrogen-bond acceptors (Lipinski definition) is 5. The Hall–Kier alpha value is -2.93. The van der Waals surface area contributed by atoms with E-state index < -0.39 is 5.95 Å². The molecule has 0 fully saturated rings. The van der Waals surface area contributed by atoms with Crippen molar-refractivity contribution >= 4 is 11.3 Å². The van der Waals surface area contributed by atoms with Gasteiger partial charge in [-0.3, -0.25) is 4.57 Å².